The Balaban J connectivity index is 2.43. The monoisotopic (exact) mass is 352 g/mol. The van der Waals surface area contributed by atoms with E-state index < -0.39 is 0 Å². The normalized spacial score (nSPS) is 12.4. The molecule has 3 heteroatoms. The number of nitrogens with zero attached hydrogens (tertiary/aromatic N) is 1. The second-order valence-corrected chi connectivity index (χ2v) is 5.47. The molecule has 2 rings (SSSR count). The van der Waals surface area contributed by atoms with Crippen LogP contribution in [-0.2, 0) is 0 Å². The second kappa shape index (κ2) is 6.29. The standard InChI is InChI=1S/C15H17IN2/c1-3-18-15(12-8-11(2)9-17-10-12)13-6-4-5-7-14(13)16/h4-10,15,18H,3H2,1-2H3. The highest BCUT2D eigenvalue weighted by Crippen LogP contribution is 2.26. The Kier molecular flexibility index (Phi) is 4.72. The van der Waals surface area contributed by atoms with Gasteiger partial charge in [0.1, 0.15) is 0 Å². The van der Waals surface area contributed by atoms with Crippen molar-refractivity contribution in [3.05, 3.63) is 63.0 Å². The van der Waals surface area contributed by atoms with Gasteiger partial charge in [-0.1, -0.05) is 31.2 Å². The highest BCUT2D eigenvalue weighted by atomic mass is 127. The second-order valence-electron chi connectivity index (χ2n) is 4.31. The summed E-state index contributed by atoms with van der Waals surface area (Å²) < 4.78 is 1.28. The van der Waals surface area contributed by atoms with Gasteiger partial charge in [0.05, 0.1) is 6.04 Å². The number of nitrogens with one attached hydrogen (secondary N) is 1. The van der Waals surface area contributed by atoms with Crippen molar-refractivity contribution in [1.29, 1.82) is 0 Å². The average molecular weight is 352 g/mol. The van der Waals surface area contributed by atoms with Crippen molar-refractivity contribution in [3.63, 3.8) is 0 Å². The highest BCUT2D eigenvalue weighted by Gasteiger charge is 2.15. The Morgan fingerprint density at radius 2 is 2.06 bits per heavy atom. The van der Waals surface area contributed by atoms with Crippen molar-refractivity contribution in [1.82, 2.24) is 10.3 Å². The van der Waals surface area contributed by atoms with Crippen LogP contribution < -0.4 is 5.32 Å². The molecule has 1 aromatic heterocycles. The molecule has 2 nitrogen and oxygen atoms in total. The van der Waals surface area contributed by atoms with Crippen LogP contribution in [0.25, 0.3) is 0 Å². The first kappa shape index (κ1) is 13.5. The molecule has 0 amide bonds. The molecule has 1 unspecified atom stereocenters. The summed E-state index contributed by atoms with van der Waals surface area (Å²) in [6.07, 6.45) is 3.84. The summed E-state index contributed by atoms with van der Waals surface area (Å²) in [6.45, 7) is 5.14. The first-order valence-electron chi connectivity index (χ1n) is 6.11. The minimum Gasteiger partial charge on any atom is -0.306 e. The SMILES string of the molecule is CCNC(c1cncc(C)c1)c1ccccc1I. The Morgan fingerprint density at radius 3 is 2.72 bits per heavy atom. The van der Waals surface area contributed by atoms with E-state index in [1.807, 2.05) is 12.4 Å². The van der Waals surface area contributed by atoms with Crippen LogP contribution >= 0.6 is 22.6 Å². The molecule has 0 aliphatic carbocycles. The Labute approximate surface area is 122 Å². The van der Waals surface area contributed by atoms with E-state index in [9.17, 15) is 0 Å². The third-order valence-electron chi connectivity index (χ3n) is 2.85. The zero-order chi connectivity index (χ0) is 13.0. The molecule has 2 aromatic rings. The fourth-order valence-corrected chi connectivity index (χ4v) is 2.76. The summed E-state index contributed by atoms with van der Waals surface area (Å²) in [5.41, 5.74) is 3.73. The van der Waals surface area contributed by atoms with E-state index in [0.29, 0.717) is 0 Å². The number of rotatable bonds is 4. The van der Waals surface area contributed by atoms with Gasteiger partial charge in [-0.05, 0) is 58.8 Å². The Morgan fingerprint density at radius 1 is 1.28 bits per heavy atom. The molecule has 0 spiro atoms. The van der Waals surface area contributed by atoms with Gasteiger partial charge in [-0.2, -0.15) is 0 Å². The molecular formula is C15H17IN2. The first-order valence-corrected chi connectivity index (χ1v) is 7.19. The Hall–Kier alpha value is -0.940. The molecule has 18 heavy (non-hydrogen) atoms. The smallest absolute Gasteiger partial charge is 0.0602 e. The first-order chi connectivity index (χ1) is 8.72. The van der Waals surface area contributed by atoms with Crippen molar-refractivity contribution in [3.8, 4) is 0 Å². The van der Waals surface area contributed by atoms with Gasteiger partial charge < -0.3 is 5.32 Å². The summed E-state index contributed by atoms with van der Waals surface area (Å²) in [7, 11) is 0. The largest absolute Gasteiger partial charge is 0.306 e. The lowest BCUT2D eigenvalue weighted by Gasteiger charge is -2.20. The quantitative estimate of drug-likeness (QED) is 0.849. The maximum Gasteiger partial charge on any atom is 0.0602 e. The van der Waals surface area contributed by atoms with Crippen LogP contribution in [0.3, 0.4) is 0 Å². The van der Waals surface area contributed by atoms with Gasteiger partial charge in [0.2, 0.25) is 0 Å². The zero-order valence-electron chi connectivity index (χ0n) is 10.7. The van der Waals surface area contributed by atoms with E-state index in [0.717, 1.165) is 6.54 Å². The minimum absolute atomic E-state index is 0.218. The van der Waals surface area contributed by atoms with Crippen LogP contribution in [0.15, 0.2) is 42.7 Å². The van der Waals surface area contributed by atoms with E-state index in [4.69, 9.17) is 0 Å². The molecule has 0 radical (unpaired) electrons. The number of aromatic nitrogens is 1. The van der Waals surface area contributed by atoms with Crippen molar-refractivity contribution in [2.75, 3.05) is 6.54 Å². The van der Waals surface area contributed by atoms with Crippen molar-refractivity contribution < 1.29 is 0 Å². The number of aryl methyl sites for hydroxylation is 1. The molecule has 0 fully saturated rings. The molecule has 0 saturated heterocycles. The zero-order valence-corrected chi connectivity index (χ0v) is 12.8. The molecule has 0 bridgehead atoms. The molecule has 1 atom stereocenters. The summed E-state index contributed by atoms with van der Waals surface area (Å²) in [4.78, 5) is 4.30. The van der Waals surface area contributed by atoms with Crippen molar-refractivity contribution in [2.24, 2.45) is 0 Å². The van der Waals surface area contributed by atoms with Gasteiger partial charge in [0.25, 0.3) is 0 Å². The number of hydrogen-bond acceptors (Lipinski definition) is 2. The average Bonchev–Trinajstić information content (AvgIpc) is 2.37. The van der Waals surface area contributed by atoms with Crippen LogP contribution in [0.2, 0.25) is 0 Å². The summed E-state index contributed by atoms with van der Waals surface area (Å²) in [5, 5.41) is 3.54. The lowest BCUT2D eigenvalue weighted by Crippen LogP contribution is -2.23. The van der Waals surface area contributed by atoms with E-state index in [2.05, 4.69) is 77.1 Å². The number of benzene rings is 1. The fourth-order valence-electron chi connectivity index (χ4n) is 2.06. The van der Waals surface area contributed by atoms with E-state index in [1.165, 1.54) is 20.3 Å². The molecule has 1 aromatic carbocycles. The lowest BCUT2D eigenvalue weighted by molar-refractivity contribution is 0.626. The molecular weight excluding hydrogens is 335 g/mol. The third kappa shape index (κ3) is 3.09. The number of halogens is 1. The third-order valence-corrected chi connectivity index (χ3v) is 3.84. The predicted molar refractivity (Wildman–Crippen MR) is 83.7 cm³/mol. The fraction of sp³-hybridized carbons (Fsp3) is 0.267. The summed E-state index contributed by atoms with van der Waals surface area (Å²) >= 11 is 2.39. The maximum atomic E-state index is 4.30. The molecule has 94 valence electrons. The van der Waals surface area contributed by atoms with Crippen LogP contribution in [0, 0.1) is 10.5 Å². The van der Waals surface area contributed by atoms with E-state index in [1.54, 1.807) is 0 Å². The summed E-state index contributed by atoms with van der Waals surface area (Å²) in [5.74, 6) is 0. The Bertz CT molecular complexity index is 525. The van der Waals surface area contributed by atoms with Gasteiger partial charge in [0.15, 0.2) is 0 Å². The predicted octanol–water partition coefficient (Wildman–Crippen LogP) is 3.69. The van der Waals surface area contributed by atoms with Crippen LogP contribution in [0.4, 0.5) is 0 Å². The summed E-state index contributed by atoms with van der Waals surface area (Å²) in [6, 6.07) is 10.9. The van der Waals surface area contributed by atoms with Gasteiger partial charge in [-0.15, -0.1) is 0 Å². The minimum atomic E-state index is 0.218. The highest BCUT2D eigenvalue weighted by molar-refractivity contribution is 14.1. The molecule has 0 aliphatic heterocycles. The van der Waals surface area contributed by atoms with E-state index in [-0.39, 0.29) is 6.04 Å². The van der Waals surface area contributed by atoms with Crippen LogP contribution in [0.1, 0.15) is 29.7 Å². The molecule has 1 N–H and O–H groups in total. The molecule has 1 heterocycles. The van der Waals surface area contributed by atoms with Gasteiger partial charge in [-0.3, -0.25) is 4.98 Å². The number of hydrogen-bond donors (Lipinski definition) is 1. The number of pyridine rings is 1. The van der Waals surface area contributed by atoms with E-state index >= 15 is 0 Å². The lowest BCUT2D eigenvalue weighted by atomic mass is 9.99. The topological polar surface area (TPSA) is 24.9 Å². The molecule has 0 aliphatic rings. The van der Waals surface area contributed by atoms with Crippen molar-refractivity contribution in [2.45, 2.75) is 19.9 Å². The maximum absolute atomic E-state index is 4.30. The van der Waals surface area contributed by atoms with Crippen molar-refractivity contribution >= 4 is 22.6 Å². The van der Waals surface area contributed by atoms with Gasteiger partial charge in [-0.25, -0.2) is 0 Å². The van der Waals surface area contributed by atoms with Gasteiger partial charge in [0, 0.05) is 16.0 Å². The van der Waals surface area contributed by atoms with Gasteiger partial charge >= 0.3 is 0 Å². The van der Waals surface area contributed by atoms with Crippen LogP contribution in [-0.4, -0.2) is 11.5 Å². The van der Waals surface area contributed by atoms with Crippen LogP contribution in [0.5, 0.6) is 0 Å². The molecule has 0 saturated carbocycles.